The zero-order chi connectivity index (χ0) is 23.2. The second-order valence-corrected chi connectivity index (χ2v) is 8.13. The largest absolute Gasteiger partial charge is 0.496 e. The normalized spacial score (nSPS) is 10.6. The molecule has 0 amide bonds. The maximum absolute atomic E-state index is 12.6. The number of esters is 2. The Labute approximate surface area is 196 Å². The molecule has 0 aromatic heterocycles. The fourth-order valence-electron chi connectivity index (χ4n) is 3.38. The van der Waals surface area contributed by atoms with Crippen molar-refractivity contribution in [3.05, 3.63) is 64.2 Å². The Morgan fingerprint density at radius 2 is 1.41 bits per heavy atom. The van der Waals surface area contributed by atoms with Crippen LogP contribution in [0.2, 0.25) is 5.02 Å². The first-order chi connectivity index (χ1) is 15.6. The van der Waals surface area contributed by atoms with Crippen molar-refractivity contribution in [2.24, 2.45) is 0 Å². The third kappa shape index (κ3) is 8.54. The first-order valence-corrected chi connectivity index (χ1v) is 11.7. The topological polar surface area (TPSA) is 61.8 Å². The van der Waals surface area contributed by atoms with Crippen molar-refractivity contribution in [3.8, 4) is 5.75 Å². The summed E-state index contributed by atoms with van der Waals surface area (Å²) in [6.45, 7) is 2.56. The third-order valence-electron chi connectivity index (χ3n) is 5.21. The van der Waals surface area contributed by atoms with E-state index in [1.165, 1.54) is 39.2 Å². The first-order valence-electron chi connectivity index (χ1n) is 11.3. The van der Waals surface area contributed by atoms with Crippen LogP contribution in [-0.2, 0) is 16.1 Å². The molecule has 0 unspecified atom stereocenters. The molecule has 0 aliphatic heterocycles. The van der Waals surface area contributed by atoms with Crippen molar-refractivity contribution < 1.29 is 23.8 Å². The van der Waals surface area contributed by atoms with Crippen molar-refractivity contribution in [1.29, 1.82) is 0 Å². The van der Waals surface area contributed by atoms with Crippen LogP contribution in [-0.4, -0.2) is 25.7 Å². The number of hydrogen-bond acceptors (Lipinski definition) is 5. The number of ether oxygens (including phenoxy) is 3. The minimum absolute atomic E-state index is 0.000807. The average molecular weight is 461 g/mol. The Kier molecular flexibility index (Phi) is 11.7. The van der Waals surface area contributed by atoms with Gasteiger partial charge in [-0.05, 0) is 30.7 Å². The quantitative estimate of drug-likeness (QED) is 0.224. The molecule has 0 spiro atoms. The molecule has 6 heteroatoms. The smallest absolute Gasteiger partial charge is 0.339 e. The fraction of sp³-hybridized carbons (Fsp3) is 0.462. The average Bonchev–Trinajstić information content (AvgIpc) is 2.81. The van der Waals surface area contributed by atoms with E-state index in [0.29, 0.717) is 22.9 Å². The Hall–Kier alpha value is -2.53. The van der Waals surface area contributed by atoms with E-state index in [-0.39, 0.29) is 17.7 Å². The van der Waals surface area contributed by atoms with Crippen LogP contribution in [0.1, 0.15) is 84.6 Å². The Morgan fingerprint density at radius 3 is 2.03 bits per heavy atom. The second kappa shape index (κ2) is 14.5. The highest BCUT2D eigenvalue weighted by molar-refractivity contribution is 6.30. The molecular weight excluding hydrogens is 428 g/mol. The van der Waals surface area contributed by atoms with E-state index in [2.05, 4.69) is 6.92 Å². The predicted molar refractivity (Wildman–Crippen MR) is 126 cm³/mol. The molecule has 0 fully saturated rings. The lowest BCUT2D eigenvalue weighted by Gasteiger charge is -2.12. The van der Waals surface area contributed by atoms with E-state index < -0.39 is 11.9 Å². The summed E-state index contributed by atoms with van der Waals surface area (Å²) in [7, 11) is 1.52. The van der Waals surface area contributed by atoms with Gasteiger partial charge in [0.2, 0.25) is 0 Å². The summed E-state index contributed by atoms with van der Waals surface area (Å²) in [5.41, 5.74) is 1.07. The molecule has 0 aliphatic rings. The minimum Gasteiger partial charge on any atom is -0.496 e. The zero-order valence-electron chi connectivity index (χ0n) is 19.0. The molecule has 2 rings (SSSR count). The van der Waals surface area contributed by atoms with Gasteiger partial charge in [0.05, 0.1) is 24.8 Å². The van der Waals surface area contributed by atoms with Crippen LogP contribution in [0.15, 0.2) is 42.5 Å². The van der Waals surface area contributed by atoms with Crippen LogP contribution >= 0.6 is 11.6 Å². The van der Waals surface area contributed by atoms with Gasteiger partial charge < -0.3 is 14.2 Å². The number of methoxy groups -OCH3 is 1. The second-order valence-electron chi connectivity index (χ2n) is 7.69. The van der Waals surface area contributed by atoms with Gasteiger partial charge in [0, 0.05) is 10.6 Å². The minimum atomic E-state index is -0.596. The van der Waals surface area contributed by atoms with E-state index in [4.69, 9.17) is 25.8 Å². The van der Waals surface area contributed by atoms with E-state index in [0.717, 1.165) is 19.3 Å². The molecule has 0 N–H and O–H groups in total. The maximum atomic E-state index is 12.6. The third-order valence-corrected chi connectivity index (χ3v) is 5.44. The van der Waals surface area contributed by atoms with Gasteiger partial charge in [0.15, 0.2) is 0 Å². The molecule has 2 aromatic carbocycles. The molecule has 32 heavy (non-hydrogen) atoms. The van der Waals surface area contributed by atoms with Crippen molar-refractivity contribution in [2.75, 3.05) is 13.7 Å². The van der Waals surface area contributed by atoms with Gasteiger partial charge in [-0.1, -0.05) is 81.7 Å². The Morgan fingerprint density at radius 1 is 0.812 bits per heavy atom. The van der Waals surface area contributed by atoms with Gasteiger partial charge in [-0.15, -0.1) is 0 Å². The summed E-state index contributed by atoms with van der Waals surface area (Å²) in [6.07, 6.45) is 9.34. The Balaban J connectivity index is 1.83. The van der Waals surface area contributed by atoms with Gasteiger partial charge in [-0.25, -0.2) is 9.59 Å². The van der Waals surface area contributed by atoms with Crippen LogP contribution in [0.4, 0.5) is 0 Å². The van der Waals surface area contributed by atoms with Crippen molar-refractivity contribution >= 4 is 23.5 Å². The first kappa shape index (κ1) is 25.7. The van der Waals surface area contributed by atoms with E-state index >= 15 is 0 Å². The molecule has 5 nitrogen and oxygen atoms in total. The lowest BCUT2D eigenvalue weighted by molar-refractivity contribution is 0.0434. The van der Waals surface area contributed by atoms with E-state index in [1.54, 1.807) is 42.5 Å². The fourth-order valence-corrected chi connectivity index (χ4v) is 3.54. The van der Waals surface area contributed by atoms with Gasteiger partial charge in [0.25, 0.3) is 0 Å². The predicted octanol–water partition coefficient (Wildman–Crippen LogP) is 7.00. The zero-order valence-corrected chi connectivity index (χ0v) is 19.8. The molecule has 174 valence electrons. The summed E-state index contributed by atoms with van der Waals surface area (Å²) in [4.78, 5) is 25.2. The highest BCUT2D eigenvalue weighted by atomic mass is 35.5. The summed E-state index contributed by atoms with van der Waals surface area (Å²) >= 11 is 5.97. The summed E-state index contributed by atoms with van der Waals surface area (Å²) < 4.78 is 16.1. The van der Waals surface area contributed by atoms with Crippen LogP contribution in [0.5, 0.6) is 5.75 Å². The molecule has 0 atom stereocenters. The molecule has 0 heterocycles. The van der Waals surface area contributed by atoms with Gasteiger partial charge in [-0.3, -0.25) is 0 Å². The number of carbonyl (C=O) groups excluding carboxylic acids is 2. The number of carbonyl (C=O) groups is 2. The highest BCUT2D eigenvalue weighted by Crippen LogP contribution is 2.24. The molecule has 0 saturated carbocycles. The van der Waals surface area contributed by atoms with Crippen molar-refractivity contribution in [2.45, 2.75) is 64.9 Å². The van der Waals surface area contributed by atoms with Crippen molar-refractivity contribution in [3.63, 3.8) is 0 Å². The molecule has 0 saturated heterocycles. The number of unbranched alkanes of at least 4 members (excludes halogenated alkanes) is 7. The lowest BCUT2D eigenvalue weighted by atomic mass is 10.1. The monoisotopic (exact) mass is 460 g/mol. The summed E-state index contributed by atoms with van der Waals surface area (Å²) in [6, 6.07) is 11.6. The number of benzene rings is 2. The summed E-state index contributed by atoms with van der Waals surface area (Å²) in [5.74, 6) is -0.574. The number of halogens is 1. The van der Waals surface area contributed by atoms with E-state index in [1.807, 2.05) is 0 Å². The van der Waals surface area contributed by atoms with Crippen LogP contribution < -0.4 is 4.74 Å². The molecule has 2 aromatic rings. The SMILES string of the molecule is CCCCCCCCCCOC(=O)c1ccccc1C(=O)OCc1ccc(Cl)cc1OC. The molecular formula is C26H33ClO5. The highest BCUT2D eigenvalue weighted by Gasteiger charge is 2.19. The standard InChI is InChI=1S/C26H33ClO5/c1-3-4-5-6-7-8-9-12-17-31-25(28)22-13-10-11-14-23(22)26(29)32-19-20-15-16-21(27)18-24(20)30-2/h10-11,13-16,18H,3-9,12,17,19H2,1-2H3. The molecule has 0 aliphatic carbocycles. The Bertz CT molecular complexity index is 865. The number of rotatable bonds is 14. The van der Waals surface area contributed by atoms with Gasteiger partial charge in [-0.2, -0.15) is 0 Å². The van der Waals surface area contributed by atoms with Gasteiger partial charge >= 0.3 is 11.9 Å². The molecule has 0 radical (unpaired) electrons. The van der Waals surface area contributed by atoms with Crippen LogP contribution in [0.25, 0.3) is 0 Å². The summed E-state index contributed by atoms with van der Waals surface area (Å²) in [5, 5.41) is 0.529. The molecule has 0 bridgehead atoms. The van der Waals surface area contributed by atoms with Crippen LogP contribution in [0.3, 0.4) is 0 Å². The van der Waals surface area contributed by atoms with Crippen molar-refractivity contribution in [1.82, 2.24) is 0 Å². The van der Waals surface area contributed by atoms with Crippen LogP contribution in [0, 0.1) is 0 Å². The number of hydrogen-bond donors (Lipinski definition) is 0. The van der Waals surface area contributed by atoms with E-state index in [9.17, 15) is 9.59 Å². The lowest BCUT2D eigenvalue weighted by Crippen LogP contribution is -2.14. The maximum Gasteiger partial charge on any atom is 0.339 e. The van der Waals surface area contributed by atoms with Gasteiger partial charge in [0.1, 0.15) is 12.4 Å².